The smallest absolute Gasteiger partial charge is 0.261 e. The minimum absolute atomic E-state index is 0.106. The van der Waals surface area contributed by atoms with E-state index in [-0.39, 0.29) is 10.8 Å². The zero-order valence-corrected chi connectivity index (χ0v) is 18.0. The van der Waals surface area contributed by atoms with Crippen molar-refractivity contribution in [3.05, 3.63) is 65.2 Å². The van der Waals surface area contributed by atoms with Gasteiger partial charge >= 0.3 is 0 Å². The number of rotatable bonds is 8. The number of nitrogens with zero attached hydrogens (tertiary/aromatic N) is 1. The molecule has 2 aromatic carbocycles. The summed E-state index contributed by atoms with van der Waals surface area (Å²) in [5, 5.41) is 3.16. The van der Waals surface area contributed by atoms with Gasteiger partial charge in [0.05, 0.1) is 28.8 Å². The SMILES string of the molecule is O=C(/C=C/c1ccc(S(=O)(=O)Nc2ccccc2Cl)cc1)NCCN1CCOCC1. The molecule has 7 nitrogen and oxygen atoms in total. The van der Waals surface area contributed by atoms with E-state index in [0.717, 1.165) is 38.4 Å². The second-order valence-electron chi connectivity index (χ2n) is 6.73. The molecule has 0 aromatic heterocycles. The van der Waals surface area contributed by atoms with Crippen molar-refractivity contribution in [2.75, 3.05) is 44.1 Å². The van der Waals surface area contributed by atoms with E-state index in [1.165, 1.54) is 18.2 Å². The summed E-state index contributed by atoms with van der Waals surface area (Å²) in [6.07, 6.45) is 3.08. The molecule has 9 heteroatoms. The number of amides is 1. The van der Waals surface area contributed by atoms with Gasteiger partial charge in [0.25, 0.3) is 10.0 Å². The van der Waals surface area contributed by atoms with Crippen LogP contribution in [0.1, 0.15) is 5.56 Å². The van der Waals surface area contributed by atoms with Crippen molar-refractivity contribution in [2.45, 2.75) is 4.90 Å². The summed E-state index contributed by atoms with van der Waals surface area (Å²) in [5.74, 6) is -0.194. The van der Waals surface area contributed by atoms with Crippen molar-refractivity contribution >= 4 is 39.3 Å². The Kier molecular flexibility index (Phi) is 7.87. The van der Waals surface area contributed by atoms with Crippen LogP contribution in [0, 0.1) is 0 Å². The molecule has 0 bridgehead atoms. The van der Waals surface area contributed by atoms with E-state index in [1.807, 2.05) is 0 Å². The maximum absolute atomic E-state index is 12.5. The number of anilines is 1. The molecule has 160 valence electrons. The van der Waals surface area contributed by atoms with E-state index < -0.39 is 10.0 Å². The zero-order valence-electron chi connectivity index (χ0n) is 16.4. The first-order chi connectivity index (χ1) is 14.4. The van der Waals surface area contributed by atoms with Crippen LogP contribution in [0.3, 0.4) is 0 Å². The number of sulfonamides is 1. The number of hydrogen-bond donors (Lipinski definition) is 2. The summed E-state index contributed by atoms with van der Waals surface area (Å²) < 4.78 is 32.8. The van der Waals surface area contributed by atoms with Gasteiger partial charge in [0.15, 0.2) is 0 Å². The first kappa shape index (κ1) is 22.3. The van der Waals surface area contributed by atoms with Crippen LogP contribution in [-0.2, 0) is 19.6 Å². The van der Waals surface area contributed by atoms with Crippen LogP contribution in [0.2, 0.25) is 5.02 Å². The topological polar surface area (TPSA) is 87.7 Å². The standard InChI is InChI=1S/C21H24ClN3O4S/c22-19-3-1-2-4-20(19)24-30(27,28)18-8-5-17(6-9-18)7-10-21(26)23-11-12-25-13-15-29-16-14-25/h1-10,24H,11-16H2,(H,23,26)/b10-7+. The van der Waals surface area contributed by atoms with Crippen LogP contribution in [0.25, 0.3) is 6.08 Å². The third-order valence-corrected chi connectivity index (χ3v) is 6.28. The van der Waals surface area contributed by atoms with Crippen molar-refractivity contribution in [3.8, 4) is 0 Å². The molecule has 0 radical (unpaired) electrons. The number of ether oxygens (including phenoxy) is 1. The van der Waals surface area contributed by atoms with Crippen molar-refractivity contribution in [3.63, 3.8) is 0 Å². The fourth-order valence-corrected chi connectivity index (χ4v) is 4.22. The Bertz CT molecular complexity index is 988. The molecule has 0 spiro atoms. The van der Waals surface area contributed by atoms with Crippen LogP contribution in [0.4, 0.5) is 5.69 Å². The van der Waals surface area contributed by atoms with Crippen LogP contribution in [0.15, 0.2) is 59.5 Å². The Morgan fingerprint density at radius 1 is 1.10 bits per heavy atom. The second-order valence-corrected chi connectivity index (χ2v) is 8.82. The first-order valence-electron chi connectivity index (χ1n) is 9.57. The average Bonchev–Trinajstić information content (AvgIpc) is 2.75. The van der Waals surface area contributed by atoms with Gasteiger partial charge in [-0.3, -0.25) is 14.4 Å². The number of hydrogen-bond acceptors (Lipinski definition) is 5. The molecule has 1 fully saturated rings. The highest BCUT2D eigenvalue weighted by atomic mass is 35.5. The van der Waals surface area contributed by atoms with Gasteiger partial charge in [0.1, 0.15) is 0 Å². The lowest BCUT2D eigenvalue weighted by atomic mass is 10.2. The molecule has 0 aliphatic carbocycles. The van der Waals surface area contributed by atoms with Crippen molar-refractivity contribution < 1.29 is 17.9 Å². The van der Waals surface area contributed by atoms with Crippen LogP contribution in [0.5, 0.6) is 0 Å². The highest BCUT2D eigenvalue weighted by Gasteiger charge is 2.15. The summed E-state index contributed by atoms with van der Waals surface area (Å²) in [5.41, 5.74) is 1.03. The second kappa shape index (κ2) is 10.6. The molecule has 0 unspecified atom stereocenters. The molecule has 1 amide bonds. The molecular weight excluding hydrogens is 426 g/mol. The summed E-state index contributed by atoms with van der Waals surface area (Å²) in [6.45, 7) is 4.57. The molecule has 1 aliphatic heterocycles. The quantitative estimate of drug-likeness (QED) is 0.605. The Balaban J connectivity index is 1.52. The lowest BCUT2D eigenvalue weighted by molar-refractivity contribution is -0.116. The van der Waals surface area contributed by atoms with E-state index in [2.05, 4.69) is 14.9 Å². The third-order valence-electron chi connectivity index (χ3n) is 4.57. The minimum Gasteiger partial charge on any atom is -0.379 e. The van der Waals surface area contributed by atoms with Gasteiger partial charge in [-0.15, -0.1) is 0 Å². The fraction of sp³-hybridized carbons (Fsp3) is 0.286. The van der Waals surface area contributed by atoms with Crippen LogP contribution in [-0.4, -0.2) is 58.6 Å². The first-order valence-corrected chi connectivity index (χ1v) is 11.4. The summed E-state index contributed by atoms with van der Waals surface area (Å²) >= 11 is 6.01. The summed E-state index contributed by atoms with van der Waals surface area (Å²) in [4.78, 5) is 14.3. The number of morpholine rings is 1. The summed E-state index contributed by atoms with van der Waals surface area (Å²) in [6, 6.07) is 12.9. The van der Waals surface area contributed by atoms with E-state index in [1.54, 1.807) is 42.5 Å². The predicted octanol–water partition coefficient (Wildman–Crippen LogP) is 2.60. The Morgan fingerprint density at radius 2 is 1.80 bits per heavy atom. The van der Waals surface area contributed by atoms with Crippen molar-refractivity contribution in [2.24, 2.45) is 0 Å². The largest absolute Gasteiger partial charge is 0.379 e. The number of carbonyl (C=O) groups excluding carboxylic acids is 1. The number of para-hydroxylation sites is 1. The Labute approximate surface area is 181 Å². The number of halogens is 1. The third kappa shape index (κ3) is 6.56. The van der Waals surface area contributed by atoms with Crippen molar-refractivity contribution in [1.29, 1.82) is 0 Å². The Hall–Kier alpha value is -2.39. The number of carbonyl (C=O) groups is 1. The van der Waals surface area contributed by atoms with Gasteiger partial charge in [-0.2, -0.15) is 0 Å². The average molecular weight is 450 g/mol. The molecule has 0 atom stereocenters. The highest BCUT2D eigenvalue weighted by Crippen LogP contribution is 2.24. The van der Waals surface area contributed by atoms with Gasteiger partial charge in [-0.05, 0) is 35.9 Å². The number of benzene rings is 2. The van der Waals surface area contributed by atoms with E-state index >= 15 is 0 Å². The normalized spacial score (nSPS) is 15.2. The molecule has 2 N–H and O–H groups in total. The molecule has 1 heterocycles. The maximum atomic E-state index is 12.5. The fourth-order valence-electron chi connectivity index (χ4n) is 2.90. The van der Waals surface area contributed by atoms with E-state index in [9.17, 15) is 13.2 Å². The zero-order chi connectivity index (χ0) is 21.4. The molecule has 30 heavy (non-hydrogen) atoms. The molecule has 0 saturated carbocycles. The summed E-state index contributed by atoms with van der Waals surface area (Å²) in [7, 11) is -3.76. The van der Waals surface area contributed by atoms with Gasteiger partial charge in [-0.1, -0.05) is 35.9 Å². The van der Waals surface area contributed by atoms with Gasteiger partial charge in [0.2, 0.25) is 5.91 Å². The molecular formula is C21H24ClN3O4S. The van der Waals surface area contributed by atoms with Crippen molar-refractivity contribution in [1.82, 2.24) is 10.2 Å². The number of nitrogens with one attached hydrogen (secondary N) is 2. The highest BCUT2D eigenvalue weighted by molar-refractivity contribution is 7.92. The van der Waals surface area contributed by atoms with Crippen LogP contribution < -0.4 is 10.0 Å². The maximum Gasteiger partial charge on any atom is 0.261 e. The van der Waals surface area contributed by atoms with Gasteiger partial charge in [-0.25, -0.2) is 8.42 Å². The van der Waals surface area contributed by atoms with Gasteiger partial charge < -0.3 is 10.1 Å². The van der Waals surface area contributed by atoms with E-state index in [4.69, 9.17) is 16.3 Å². The molecule has 3 rings (SSSR count). The van der Waals surface area contributed by atoms with Crippen LogP contribution >= 0.6 is 11.6 Å². The molecule has 2 aromatic rings. The lowest BCUT2D eigenvalue weighted by Gasteiger charge is -2.26. The monoisotopic (exact) mass is 449 g/mol. The minimum atomic E-state index is -3.76. The van der Waals surface area contributed by atoms with Gasteiger partial charge in [0, 0.05) is 32.3 Å². The molecule has 1 aliphatic rings. The molecule has 1 saturated heterocycles. The lowest BCUT2D eigenvalue weighted by Crippen LogP contribution is -2.41. The predicted molar refractivity (Wildman–Crippen MR) is 118 cm³/mol. The Morgan fingerprint density at radius 3 is 2.50 bits per heavy atom. The van der Waals surface area contributed by atoms with E-state index in [0.29, 0.717) is 17.3 Å².